The average molecular weight is 437 g/mol. The summed E-state index contributed by atoms with van der Waals surface area (Å²) in [4.78, 5) is 47.8. The molecule has 0 aliphatic carbocycles. The number of carbonyl (C=O) groups is 4. The predicted octanol–water partition coefficient (Wildman–Crippen LogP) is -1.42. The van der Waals surface area contributed by atoms with Crippen molar-refractivity contribution in [2.24, 2.45) is 11.5 Å². The highest BCUT2D eigenvalue weighted by Gasteiger charge is 2.25. The van der Waals surface area contributed by atoms with Gasteiger partial charge in [0.15, 0.2) is 0 Å². The Morgan fingerprint density at radius 1 is 1.03 bits per heavy atom. The SMILES string of the molecule is CC(NC(=O)C(Cc1ccc(O)cc1)NC(=O)CNC(=O)C(N)CCCCN)C(=O)O. The summed E-state index contributed by atoms with van der Waals surface area (Å²) in [5, 5.41) is 25.6. The second kappa shape index (κ2) is 13.2. The number of amides is 3. The van der Waals surface area contributed by atoms with Crippen LogP contribution >= 0.6 is 0 Å². The van der Waals surface area contributed by atoms with Gasteiger partial charge in [0.05, 0.1) is 12.6 Å². The van der Waals surface area contributed by atoms with Crippen LogP contribution in [0.2, 0.25) is 0 Å². The molecule has 1 rings (SSSR count). The van der Waals surface area contributed by atoms with Crippen molar-refractivity contribution < 1.29 is 29.4 Å². The lowest BCUT2D eigenvalue weighted by molar-refractivity contribution is -0.141. The van der Waals surface area contributed by atoms with Crippen molar-refractivity contribution >= 4 is 23.7 Å². The highest BCUT2D eigenvalue weighted by atomic mass is 16.4. The number of carboxylic acid groups (broad SMARTS) is 1. The van der Waals surface area contributed by atoms with Crippen LogP contribution in [0.3, 0.4) is 0 Å². The van der Waals surface area contributed by atoms with E-state index < -0.39 is 48.4 Å². The van der Waals surface area contributed by atoms with Gasteiger partial charge in [-0.05, 0) is 44.0 Å². The zero-order valence-electron chi connectivity index (χ0n) is 17.5. The molecule has 172 valence electrons. The molecule has 3 unspecified atom stereocenters. The number of rotatable bonds is 13. The van der Waals surface area contributed by atoms with Gasteiger partial charge in [0.25, 0.3) is 0 Å². The molecule has 0 radical (unpaired) electrons. The second-order valence-electron chi connectivity index (χ2n) is 7.17. The van der Waals surface area contributed by atoms with Crippen molar-refractivity contribution in [1.29, 1.82) is 0 Å². The first-order chi connectivity index (χ1) is 14.6. The van der Waals surface area contributed by atoms with Crippen LogP contribution in [0.25, 0.3) is 0 Å². The fourth-order valence-electron chi connectivity index (χ4n) is 2.64. The smallest absolute Gasteiger partial charge is 0.325 e. The number of nitrogens with one attached hydrogen (secondary N) is 3. The number of hydrogen-bond donors (Lipinski definition) is 7. The van der Waals surface area contributed by atoms with Gasteiger partial charge in [-0.3, -0.25) is 19.2 Å². The molecule has 3 atom stereocenters. The van der Waals surface area contributed by atoms with E-state index in [1.54, 1.807) is 12.1 Å². The van der Waals surface area contributed by atoms with Crippen molar-refractivity contribution in [2.75, 3.05) is 13.1 Å². The third kappa shape index (κ3) is 9.92. The highest BCUT2D eigenvalue weighted by molar-refractivity contribution is 5.92. The van der Waals surface area contributed by atoms with Gasteiger partial charge in [-0.2, -0.15) is 0 Å². The van der Waals surface area contributed by atoms with Crippen LogP contribution in [-0.2, 0) is 25.6 Å². The zero-order chi connectivity index (χ0) is 23.4. The highest BCUT2D eigenvalue weighted by Crippen LogP contribution is 2.11. The van der Waals surface area contributed by atoms with Crippen molar-refractivity contribution in [3.05, 3.63) is 29.8 Å². The zero-order valence-corrected chi connectivity index (χ0v) is 17.5. The largest absolute Gasteiger partial charge is 0.508 e. The standard InChI is InChI=1S/C20H31N5O6/c1-12(20(30)31)24-19(29)16(10-13-5-7-14(26)8-6-13)25-17(27)11-23-18(28)15(22)4-2-3-9-21/h5-8,12,15-16,26H,2-4,9-11,21-22H2,1H3,(H,23,28)(H,24,29)(H,25,27)(H,30,31). The number of carboxylic acids is 1. The van der Waals surface area contributed by atoms with Gasteiger partial charge in [0, 0.05) is 6.42 Å². The quantitative estimate of drug-likeness (QED) is 0.182. The molecule has 31 heavy (non-hydrogen) atoms. The molecule has 0 spiro atoms. The molecule has 1 aromatic carbocycles. The summed E-state index contributed by atoms with van der Waals surface area (Å²) < 4.78 is 0. The molecule has 0 fully saturated rings. The molecule has 0 aromatic heterocycles. The Bertz CT molecular complexity index is 755. The van der Waals surface area contributed by atoms with Gasteiger partial charge in [-0.25, -0.2) is 0 Å². The Labute approximate surface area is 180 Å². The number of benzene rings is 1. The summed E-state index contributed by atoms with van der Waals surface area (Å²) >= 11 is 0. The summed E-state index contributed by atoms with van der Waals surface area (Å²) in [6.07, 6.45) is 1.92. The van der Waals surface area contributed by atoms with E-state index in [1.165, 1.54) is 19.1 Å². The minimum Gasteiger partial charge on any atom is -0.508 e. The molecule has 11 heteroatoms. The van der Waals surface area contributed by atoms with Crippen LogP contribution in [0, 0.1) is 0 Å². The molecule has 9 N–H and O–H groups in total. The summed E-state index contributed by atoms with van der Waals surface area (Å²) in [5.41, 5.74) is 11.8. The first-order valence-electron chi connectivity index (χ1n) is 9.97. The van der Waals surface area contributed by atoms with Crippen molar-refractivity contribution in [1.82, 2.24) is 16.0 Å². The van der Waals surface area contributed by atoms with Crippen LogP contribution in [0.1, 0.15) is 31.7 Å². The van der Waals surface area contributed by atoms with E-state index in [2.05, 4.69) is 16.0 Å². The number of aromatic hydroxyl groups is 1. The lowest BCUT2D eigenvalue weighted by atomic mass is 10.0. The molecule has 11 nitrogen and oxygen atoms in total. The van der Waals surface area contributed by atoms with E-state index in [0.717, 1.165) is 6.42 Å². The number of phenolic OH excluding ortho intramolecular Hbond substituents is 1. The number of phenols is 1. The summed E-state index contributed by atoms with van der Waals surface area (Å²) in [7, 11) is 0. The normalized spacial score (nSPS) is 13.5. The monoisotopic (exact) mass is 437 g/mol. The van der Waals surface area contributed by atoms with E-state index in [-0.39, 0.29) is 12.2 Å². The number of hydrogen-bond acceptors (Lipinski definition) is 7. The molecule has 0 bridgehead atoms. The fraction of sp³-hybridized carbons (Fsp3) is 0.500. The minimum absolute atomic E-state index is 0.0406. The van der Waals surface area contributed by atoms with E-state index in [4.69, 9.17) is 16.6 Å². The second-order valence-corrected chi connectivity index (χ2v) is 7.17. The van der Waals surface area contributed by atoms with Crippen LogP contribution in [-0.4, -0.2) is 65.1 Å². The van der Waals surface area contributed by atoms with Crippen LogP contribution in [0.5, 0.6) is 5.75 Å². The lowest BCUT2D eigenvalue weighted by Gasteiger charge is -2.20. The minimum atomic E-state index is -1.22. The topological polar surface area (TPSA) is 197 Å². The van der Waals surface area contributed by atoms with Crippen molar-refractivity contribution in [3.8, 4) is 5.75 Å². The molecular weight excluding hydrogens is 406 g/mol. The first kappa shape index (κ1) is 25.9. The summed E-state index contributed by atoms with van der Waals surface area (Å²) in [5.74, 6) is -3.01. The molecule has 0 saturated carbocycles. The average Bonchev–Trinajstić information content (AvgIpc) is 2.72. The van der Waals surface area contributed by atoms with Crippen molar-refractivity contribution in [3.63, 3.8) is 0 Å². The molecule has 1 aromatic rings. The van der Waals surface area contributed by atoms with Crippen LogP contribution in [0.4, 0.5) is 0 Å². The van der Waals surface area contributed by atoms with Gasteiger partial charge in [-0.1, -0.05) is 18.6 Å². The number of aliphatic carboxylic acids is 1. The van der Waals surface area contributed by atoms with Crippen LogP contribution in [0.15, 0.2) is 24.3 Å². The van der Waals surface area contributed by atoms with E-state index in [9.17, 15) is 24.3 Å². The Hall–Kier alpha value is -3.18. The van der Waals surface area contributed by atoms with E-state index in [0.29, 0.717) is 24.9 Å². The number of nitrogens with two attached hydrogens (primary N) is 2. The molecule has 0 aliphatic heterocycles. The Kier molecular flexibility index (Phi) is 11.0. The van der Waals surface area contributed by atoms with Gasteiger partial charge >= 0.3 is 5.97 Å². The van der Waals surface area contributed by atoms with Gasteiger partial charge in [0.2, 0.25) is 17.7 Å². The third-order valence-electron chi connectivity index (χ3n) is 4.49. The van der Waals surface area contributed by atoms with Gasteiger partial charge in [0.1, 0.15) is 17.8 Å². The van der Waals surface area contributed by atoms with Crippen LogP contribution < -0.4 is 27.4 Å². The first-order valence-corrected chi connectivity index (χ1v) is 9.97. The number of carbonyl (C=O) groups excluding carboxylic acids is 3. The maximum absolute atomic E-state index is 12.5. The molecule has 0 saturated heterocycles. The third-order valence-corrected chi connectivity index (χ3v) is 4.49. The fourth-order valence-corrected chi connectivity index (χ4v) is 2.64. The molecule has 0 aliphatic rings. The predicted molar refractivity (Wildman–Crippen MR) is 113 cm³/mol. The van der Waals surface area contributed by atoms with E-state index in [1.807, 2.05) is 0 Å². The summed E-state index contributed by atoms with van der Waals surface area (Å²) in [6.45, 7) is 1.41. The van der Waals surface area contributed by atoms with E-state index >= 15 is 0 Å². The lowest BCUT2D eigenvalue weighted by Crippen LogP contribution is -2.54. The Morgan fingerprint density at radius 3 is 2.26 bits per heavy atom. The maximum Gasteiger partial charge on any atom is 0.325 e. The number of unbranched alkanes of at least 4 members (excludes halogenated alkanes) is 1. The summed E-state index contributed by atoms with van der Waals surface area (Å²) in [6, 6.07) is 2.99. The van der Waals surface area contributed by atoms with Gasteiger partial charge < -0.3 is 37.6 Å². The molecule has 0 heterocycles. The molecule has 3 amide bonds. The maximum atomic E-state index is 12.5. The Morgan fingerprint density at radius 2 is 1.68 bits per heavy atom. The van der Waals surface area contributed by atoms with Gasteiger partial charge in [-0.15, -0.1) is 0 Å². The Balaban J connectivity index is 2.71. The van der Waals surface area contributed by atoms with Crippen molar-refractivity contribution in [2.45, 2.75) is 50.7 Å². The molecular formula is C20H31N5O6.